The van der Waals surface area contributed by atoms with Crippen LogP contribution in [0.5, 0.6) is 0 Å². The van der Waals surface area contributed by atoms with E-state index in [1.165, 1.54) is 0 Å². The second-order valence-electron chi connectivity index (χ2n) is 6.12. The van der Waals surface area contributed by atoms with Crippen LogP contribution in [0, 0.1) is 0 Å². The van der Waals surface area contributed by atoms with Crippen molar-refractivity contribution >= 4 is 34.4 Å². The minimum absolute atomic E-state index is 0.0396. The van der Waals surface area contributed by atoms with Crippen molar-refractivity contribution in [1.29, 1.82) is 0 Å². The van der Waals surface area contributed by atoms with E-state index < -0.39 is 0 Å². The molecule has 24 heavy (non-hydrogen) atoms. The van der Waals surface area contributed by atoms with Gasteiger partial charge in [0.2, 0.25) is 0 Å². The molecule has 0 aromatic carbocycles. The lowest BCUT2D eigenvalue weighted by Gasteiger charge is -2.28. The van der Waals surface area contributed by atoms with Crippen molar-refractivity contribution in [3.63, 3.8) is 0 Å². The number of H-pyrrole nitrogens is 1. The molecule has 4 rings (SSSR count). The molecule has 4 heterocycles. The van der Waals surface area contributed by atoms with Crippen molar-refractivity contribution in [2.45, 2.75) is 18.9 Å². The molecule has 0 radical (unpaired) electrons. The molecule has 1 atom stereocenters. The summed E-state index contributed by atoms with van der Waals surface area (Å²) >= 11 is 1.63. The molecule has 2 aliphatic heterocycles. The Morgan fingerprint density at radius 3 is 3.25 bits per heavy atom. The quantitative estimate of drug-likeness (QED) is 0.793. The number of amides is 1. The van der Waals surface area contributed by atoms with Crippen molar-refractivity contribution in [3.05, 3.63) is 35.6 Å². The summed E-state index contributed by atoms with van der Waals surface area (Å²) < 4.78 is 0. The first-order valence-electron chi connectivity index (χ1n) is 8.36. The second kappa shape index (κ2) is 6.86. The highest BCUT2D eigenvalue weighted by atomic mass is 32.2. The van der Waals surface area contributed by atoms with E-state index >= 15 is 0 Å². The van der Waals surface area contributed by atoms with Crippen LogP contribution in [0.25, 0.3) is 11.0 Å². The lowest BCUT2D eigenvalue weighted by atomic mass is 10.1. The van der Waals surface area contributed by atoms with Crippen molar-refractivity contribution in [1.82, 2.24) is 20.6 Å². The molecule has 1 saturated heterocycles. The number of aromatic nitrogens is 2. The number of carbonyl (C=O) groups is 1. The Balaban J connectivity index is 1.54. The van der Waals surface area contributed by atoms with E-state index in [9.17, 15) is 4.79 Å². The summed E-state index contributed by atoms with van der Waals surface area (Å²) in [5, 5.41) is 7.57. The Morgan fingerprint density at radius 2 is 2.38 bits per heavy atom. The van der Waals surface area contributed by atoms with Crippen LogP contribution in [0.4, 0.5) is 5.69 Å². The molecule has 0 saturated carbocycles. The van der Waals surface area contributed by atoms with Gasteiger partial charge in [-0.2, -0.15) is 0 Å². The maximum Gasteiger partial charge on any atom is 0.259 e. The van der Waals surface area contributed by atoms with Gasteiger partial charge in [-0.15, -0.1) is 11.8 Å². The molecule has 1 amide bonds. The molecular formula is C17H21N5OS. The van der Waals surface area contributed by atoms with Gasteiger partial charge in [0.1, 0.15) is 5.65 Å². The van der Waals surface area contributed by atoms with Crippen molar-refractivity contribution in [3.8, 4) is 0 Å². The lowest BCUT2D eigenvalue weighted by molar-refractivity contribution is -0.117. The molecule has 0 aliphatic carbocycles. The minimum Gasteiger partial charge on any atom is -0.348 e. The van der Waals surface area contributed by atoms with Crippen LogP contribution in [-0.2, 0) is 4.79 Å². The van der Waals surface area contributed by atoms with E-state index in [4.69, 9.17) is 0 Å². The zero-order valence-corrected chi connectivity index (χ0v) is 14.2. The highest BCUT2D eigenvalue weighted by molar-refractivity contribution is 8.04. The van der Waals surface area contributed by atoms with Gasteiger partial charge in [-0.05, 0) is 31.5 Å². The Kier molecular flexibility index (Phi) is 4.44. The molecule has 0 unspecified atom stereocenters. The number of nitrogens with one attached hydrogen (secondary N) is 3. The fourth-order valence-corrected chi connectivity index (χ4v) is 4.14. The van der Waals surface area contributed by atoms with Gasteiger partial charge in [-0.3, -0.25) is 4.79 Å². The molecule has 7 heteroatoms. The SMILES string of the molecule is O=C(N[C@@H]1CCCNC1)C1=CN(c2ccnc3[nH]ccc23)CCS1. The van der Waals surface area contributed by atoms with Crippen LogP contribution >= 0.6 is 11.8 Å². The monoisotopic (exact) mass is 343 g/mol. The van der Waals surface area contributed by atoms with Gasteiger partial charge in [0.05, 0.1) is 10.6 Å². The average Bonchev–Trinajstić information content (AvgIpc) is 3.11. The summed E-state index contributed by atoms with van der Waals surface area (Å²) in [5.74, 6) is 0.939. The number of fused-ring (bicyclic) bond motifs is 1. The predicted molar refractivity (Wildman–Crippen MR) is 98.0 cm³/mol. The Morgan fingerprint density at radius 1 is 1.42 bits per heavy atom. The zero-order chi connectivity index (χ0) is 16.4. The van der Waals surface area contributed by atoms with Gasteiger partial charge in [0.25, 0.3) is 5.91 Å². The van der Waals surface area contributed by atoms with E-state index in [-0.39, 0.29) is 11.9 Å². The van der Waals surface area contributed by atoms with Crippen molar-refractivity contribution < 1.29 is 4.79 Å². The molecule has 2 aromatic rings. The van der Waals surface area contributed by atoms with E-state index in [1.54, 1.807) is 18.0 Å². The van der Waals surface area contributed by atoms with Crippen molar-refractivity contribution in [2.24, 2.45) is 0 Å². The van der Waals surface area contributed by atoms with Gasteiger partial charge in [0, 0.05) is 48.9 Å². The first kappa shape index (κ1) is 15.5. The topological polar surface area (TPSA) is 73.1 Å². The summed E-state index contributed by atoms with van der Waals surface area (Å²) in [6.07, 6.45) is 7.84. The number of thioether (sulfide) groups is 1. The first-order valence-corrected chi connectivity index (χ1v) is 9.35. The summed E-state index contributed by atoms with van der Waals surface area (Å²) in [5.41, 5.74) is 1.96. The van der Waals surface area contributed by atoms with Gasteiger partial charge in [0.15, 0.2) is 0 Å². The molecule has 1 fully saturated rings. The standard InChI is InChI=1S/C17H21N5OS/c23-17(21-12-2-1-5-18-10-12)15-11-22(8-9-24-15)14-4-7-20-16-13(14)3-6-19-16/h3-4,6-7,11-12,18H,1-2,5,8-10H2,(H,19,20)(H,21,23)/t12-/m1/s1. The Bertz CT molecular complexity index is 765. The number of carbonyl (C=O) groups excluding carboxylic acids is 1. The van der Waals surface area contributed by atoms with Crippen LogP contribution in [0.3, 0.4) is 0 Å². The van der Waals surface area contributed by atoms with E-state index in [1.807, 2.05) is 24.5 Å². The van der Waals surface area contributed by atoms with Crippen LogP contribution in [0.1, 0.15) is 12.8 Å². The first-order chi connectivity index (χ1) is 11.8. The molecular weight excluding hydrogens is 322 g/mol. The highest BCUT2D eigenvalue weighted by Gasteiger charge is 2.22. The van der Waals surface area contributed by atoms with E-state index in [0.717, 1.165) is 59.9 Å². The van der Waals surface area contributed by atoms with Crippen LogP contribution in [0.15, 0.2) is 35.6 Å². The summed E-state index contributed by atoms with van der Waals surface area (Å²) in [6, 6.07) is 4.27. The fourth-order valence-electron chi connectivity index (χ4n) is 3.24. The molecule has 0 spiro atoms. The number of aromatic amines is 1. The maximum absolute atomic E-state index is 12.6. The molecule has 2 aromatic heterocycles. The third kappa shape index (κ3) is 3.14. The van der Waals surface area contributed by atoms with Crippen LogP contribution in [0.2, 0.25) is 0 Å². The number of anilines is 1. The van der Waals surface area contributed by atoms with Gasteiger partial charge < -0.3 is 20.5 Å². The Hall–Kier alpha value is -1.99. The van der Waals surface area contributed by atoms with Gasteiger partial charge in [-0.25, -0.2) is 4.98 Å². The number of piperidine rings is 1. The number of nitrogens with zero attached hydrogens (tertiary/aromatic N) is 2. The number of hydrogen-bond acceptors (Lipinski definition) is 5. The fraction of sp³-hybridized carbons (Fsp3) is 0.412. The number of hydrogen-bond donors (Lipinski definition) is 3. The molecule has 126 valence electrons. The largest absolute Gasteiger partial charge is 0.348 e. The van der Waals surface area contributed by atoms with Crippen LogP contribution in [-0.4, -0.2) is 47.3 Å². The van der Waals surface area contributed by atoms with Crippen LogP contribution < -0.4 is 15.5 Å². The zero-order valence-electron chi connectivity index (χ0n) is 13.4. The summed E-state index contributed by atoms with van der Waals surface area (Å²) in [7, 11) is 0. The maximum atomic E-state index is 12.6. The van der Waals surface area contributed by atoms with E-state index in [2.05, 4.69) is 25.5 Å². The third-order valence-electron chi connectivity index (χ3n) is 4.47. The van der Waals surface area contributed by atoms with Gasteiger partial charge >= 0.3 is 0 Å². The molecule has 0 bridgehead atoms. The molecule has 3 N–H and O–H groups in total. The lowest BCUT2D eigenvalue weighted by Crippen LogP contribution is -2.46. The minimum atomic E-state index is 0.0396. The Labute approximate surface area is 145 Å². The molecule has 2 aliphatic rings. The normalized spacial score (nSPS) is 21.6. The smallest absolute Gasteiger partial charge is 0.259 e. The average molecular weight is 343 g/mol. The number of rotatable bonds is 3. The highest BCUT2D eigenvalue weighted by Crippen LogP contribution is 2.30. The van der Waals surface area contributed by atoms with Crippen molar-refractivity contribution in [2.75, 3.05) is 30.3 Å². The number of pyridine rings is 1. The van der Waals surface area contributed by atoms with E-state index in [0.29, 0.717) is 0 Å². The predicted octanol–water partition coefficient (Wildman–Crippen LogP) is 1.83. The second-order valence-corrected chi connectivity index (χ2v) is 7.26. The third-order valence-corrected chi connectivity index (χ3v) is 5.45. The summed E-state index contributed by atoms with van der Waals surface area (Å²) in [6.45, 7) is 2.80. The summed E-state index contributed by atoms with van der Waals surface area (Å²) in [4.78, 5) is 23.0. The van der Waals surface area contributed by atoms with Gasteiger partial charge in [-0.1, -0.05) is 0 Å². The molecule has 6 nitrogen and oxygen atoms in total.